The molecule has 1 aromatic heterocycles. The summed E-state index contributed by atoms with van der Waals surface area (Å²) in [6.45, 7) is 4.38. The normalized spacial score (nSPS) is 12.7. The molecule has 0 aliphatic heterocycles. The zero-order valence-electron chi connectivity index (χ0n) is 12.3. The second-order valence-corrected chi connectivity index (χ2v) is 5.37. The van der Waals surface area contributed by atoms with Gasteiger partial charge in [0.25, 0.3) is 0 Å². The number of aliphatic hydroxyl groups is 1. The lowest BCUT2D eigenvalue weighted by molar-refractivity contribution is 0.259. The molecule has 4 heteroatoms. The summed E-state index contributed by atoms with van der Waals surface area (Å²) in [5.41, 5.74) is 0. The lowest BCUT2D eigenvalue weighted by Crippen LogP contribution is -2.26. The number of anilines is 1. The van der Waals surface area contributed by atoms with Crippen LogP contribution in [0.5, 0.6) is 5.75 Å². The van der Waals surface area contributed by atoms with Crippen molar-refractivity contribution < 1.29 is 9.84 Å². The van der Waals surface area contributed by atoms with Gasteiger partial charge in [0, 0.05) is 17.0 Å². The number of aromatic nitrogens is 1. The average Bonchev–Trinajstić information content (AvgIpc) is 2.45. The van der Waals surface area contributed by atoms with Crippen LogP contribution >= 0.6 is 0 Å². The van der Waals surface area contributed by atoms with Crippen LogP contribution in [-0.4, -0.2) is 29.8 Å². The molecule has 2 aromatic rings. The Kier molecular flexibility index (Phi) is 4.79. The summed E-state index contributed by atoms with van der Waals surface area (Å²) < 4.78 is 5.37. The van der Waals surface area contributed by atoms with E-state index in [1.54, 1.807) is 13.3 Å². The third-order valence-electron chi connectivity index (χ3n) is 3.30. The first-order valence-electron chi connectivity index (χ1n) is 6.94. The molecule has 0 bridgehead atoms. The number of ether oxygens (including phenoxy) is 1. The number of benzene rings is 1. The number of nitrogens with one attached hydrogen (secondary N) is 1. The van der Waals surface area contributed by atoms with Crippen LogP contribution in [0.3, 0.4) is 0 Å². The molecule has 2 rings (SSSR count). The summed E-state index contributed by atoms with van der Waals surface area (Å²) in [5.74, 6) is 2.14. The number of nitrogens with zero attached hydrogens (tertiary/aromatic N) is 1. The van der Waals surface area contributed by atoms with Gasteiger partial charge in [-0.15, -0.1) is 0 Å². The maximum atomic E-state index is 9.49. The minimum absolute atomic E-state index is 0.0132. The van der Waals surface area contributed by atoms with E-state index >= 15 is 0 Å². The fraction of sp³-hybridized carbons (Fsp3) is 0.438. The van der Waals surface area contributed by atoms with Crippen LogP contribution < -0.4 is 10.1 Å². The minimum Gasteiger partial charge on any atom is -0.496 e. The Balaban J connectivity index is 2.34. The summed E-state index contributed by atoms with van der Waals surface area (Å²) in [6, 6.07) is 7.85. The van der Waals surface area contributed by atoms with Gasteiger partial charge in [0.05, 0.1) is 19.8 Å². The Morgan fingerprint density at radius 3 is 2.70 bits per heavy atom. The van der Waals surface area contributed by atoms with Crippen LogP contribution in [0.4, 0.5) is 5.82 Å². The van der Waals surface area contributed by atoms with Gasteiger partial charge in [-0.2, -0.15) is 0 Å². The number of hydrogen-bond donors (Lipinski definition) is 2. The Bertz CT molecular complexity index is 569. The van der Waals surface area contributed by atoms with Gasteiger partial charge in [-0.25, -0.2) is 4.98 Å². The van der Waals surface area contributed by atoms with Gasteiger partial charge in [0.1, 0.15) is 11.6 Å². The van der Waals surface area contributed by atoms with Crippen molar-refractivity contribution in [1.29, 1.82) is 0 Å². The van der Waals surface area contributed by atoms with Gasteiger partial charge in [-0.1, -0.05) is 26.0 Å². The van der Waals surface area contributed by atoms with Crippen LogP contribution in [0.1, 0.15) is 20.3 Å². The first kappa shape index (κ1) is 14.6. The summed E-state index contributed by atoms with van der Waals surface area (Å²) in [6.07, 6.45) is 2.66. The third-order valence-corrected chi connectivity index (χ3v) is 3.30. The van der Waals surface area contributed by atoms with E-state index in [2.05, 4.69) is 24.1 Å². The summed E-state index contributed by atoms with van der Waals surface area (Å²) in [5, 5.41) is 14.9. The number of fused-ring (bicyclic) bond motifs is 1. The van der Waals surface area contributed by atoms with Crippen LogP contribution in [-0.2, 0) is 0 Å². The smallest absolute Gasteiger partial charge is 0.134 e. The molecule has 0 amide bonds. The monoisotopic (exact) mass is 274 g/mol. The van der Waals surface area contributed by atoms with E-state index < -0.39 is 0 Å². The molecule has 0 saturated carbocycles. The molecule has 0 saturated heterocycles. The van der Waals surface area contributed by atoms with Gasteiger partial charge in [0.2, 0.25) is 0 Å². The second-order valence-electron chi connectivity index (χ2n) is 5.37. The molecule has 4 nitrogen and oxygen atoms in total. The van der Waals surface area contributed by atoms with E-state index in [1.807, 2.05) is 24.3 Å². The highest BCUT2D eigenvalue weighted by Gasteiger charge is 2.13. The first-order chi connectivity index (χ1) is 9.65. The zero-order valence-corrected chi connectivity index (χ0v) is 12.3. The predicted molar refractivity (Wildman–Crippen MR) is 82.2 cm³/mol. The molecule has 0 aliphatic carbocycles. The van der Waals surface area contributed by atoms with E-state index in [0.29, 0.717) is 5.92 Å². The fourth-order valence-electron chi connectivity index (χ4n) is 2.41. The predicted octanol–water partition coefficient (Wildman–Crippen LogP) is 3.06. The van der Waals surface area contributed by atoms with Crippen LogP contribution in [0.2, 0.25) is 0 Å². The first-order valence-corrected chi connectivity index (χ1v) is 6.94. The van der Waals surface area contributed by atoms with Gasteiger partial charge >= 0.3 is 0 Å². The summed E-state index contributed by atoms with van der Waals surface area (Å²) >= 11 is 0. The van der Waals surface area contributed by atoms with E-state index in [1.165, 1.54) is 0 Å². The van der Waals surface area contributed by atoms with Crippen LogP contribution in [0, 0.1) is 5.92 Å². The van der Waals surface area contributed by atoms with Crippen molar-refractivity contribution in [2.75, 3.05) is 19.0 Å². The maximum Gasteiger partial charge on any atom is 0.134 e. The molecular weight excluding hydrogens is 252 g/mol. The molecule has 108 valence electrons. The van der Waals surface area contributed by atoms with Gasteiger partial charge < -0.3 is 15.2 Å². The molecule has 2 N–H and O–H groups in total. The van der Waals surface area contributed by atoms with Gasteiger partial charge in [-0.05, 0) is 24.5 Å². The SMILES string of the molecule is COc1cccc2c(NC(CO)CC(C)C)nccc12. The van der Waals surface area contributed by atoms with Crippen molar-refractivity contribution in [3.8, 4) is 5.75 Å². The molecule has 1 heterocycles. The molecular formula is C16H22N2O2. The molecule has 1 atom stereocenters. The van der Waals surface area contributed by atoms with Crippen molar-refractivity contribution in [2.45, 2.75) is 26.3 Å². The number of methoxy groups -OCH3 is 1. The minimum atomic E-state index is 0.0132. The Labute approximate surface area is 119 Å². The van der Waals surface area contributed by atoms with E-state index in [0.717, 1.165) is 28.8 Å². The summed E-state index contributed by atoms with van der Waals surface area (Å²) in [7, 11) is 1.66. The van der Waals surface area contributed by atoms with Gasteiger partial charge in [-0.3, -0.25) is 0 Å². The molecule has 0 spiro atoms. The third kappa shape index (κ3) is 3.20. The lowest BCUT2D eigenvalue weighted by atomic mass is 10.0. The molecule has 1 aromatic carbocycles. The second kappa shape index (κ2) is 6.57. The van der Waals surface area contributed by atoms with E-state index in [-0.39, 0.29) is 12.6 Å². The highest BCUT2D eigenvalue weighted by Crippen LogP contribution is 2.29. The van der Waals surface area contributed by atoms with Crippen molar-refractivity contribution in [3.05, 3.63) is 30.5 Å². The molecule has 20 heavy (non-hydrogen) atoms. The average molecular weight is 274 g/mol. The summed E-state index contributed by atoms with van der Waals surface area (Å²) in [4.78, 5) is 4.40. The zero-order chi connectivity index (χ0) is 14.5. The van der Waals surface area contributed by atoms with Crippen LogP contribution in [0.15, 0.2) is 30.5 Å². The number of rotatable bonds is 6. The largest absolute Gasteiger partial charge is 0.496 e. The number of hydrogen-bond acceptors (Lipinski definition) is 4. The number of aliphatic hydroxyl groups excluding tert-OH is 1. The van der Waals surface area contributed by atoms with Gasteiger partial charge in [0.15, 0.2) is 0 Å². The number of pyridine rings is 1. The molecule has 0 fully saturated rings. The van der Waals surface area contributed by atoms with Crippen molar-refractivity contribution in [1.82, 2.24) is 4.98 Å². The van der Waals surface area contributed by atoms with E-state index in [4.69, 9.17) is 4.74 Å². The molecule has 1 unspecified atom stereocenters. The van der Waals surface area contributed by atoms with E-state index in [9.17, 15) is 5.11 Å². The van der Waals surface area contributed by atoms with Crippen molar-refractivity contribution in [3.63, 3.8) is 0 Å². The lowest BCUT2D eigenvalue weighted by Gasteiger charge is -2.20. The maximum absolute atomic E-state index is 9.49. The molecule has 0 aliphatic rings. The topological polar surface area (TPSA) is 54.4 Å². The van der Waals surface area contributed by atoms with Crippen LogP contribution in [0.25, 0.3) is 10.8 Å². The fourth-order valence-corrected chi connectivity index (χ4v) is 2.41. The van der Waals surface area contributed by atoms with Crippen molar-refractivity contribution in [2.24, 2.45) is 5.92 Å². The highest BCUT2D eigenvalue weighted by molar-refractivity contribution is 5.95. The Morgan fingerprint density at radius 2 is 2.05 bits per heavy atom. The highest BCUT2D eigenvalue weighted by atomic mass is 16.5. The molecule has 0 radical (unpaired) electrons. The quantitative estimate of drug-likeness (QED) is 0.850. The van der Waals surface area contributed by atoms with Crippen molar-refractivity contribution >= 4 is 16.6 Å². The standard InChI is InChI=1S/C16H22N2O2/c1-11(2)9-12(10-19)18-16-14-5-4-6-15(20-3)13(14)7-8-17-16/h4-8,11-12,19H,9-10H2,1-3H3,(H,17,18). The Morgan fingerprint density at radius 1 is 1.25 bits per heavy atom. The Hall–Kier alpha value is -1.81.